The number of anilines is 1. The van der Waals surface area contributed by atoms with Gasteiger partial charge in [-0.1, -0.05) is 42.0 Å². The summed E-state index contributed by atoms with van der Waals surface area (Å²) in [6.45, 7) is 0. The molecule has 20 heavy (non-hydrogen) atoms. The van der Waals surface area contributed by atoms with E-state index in [0.29, 0.717) is 21.8 Å². The number of halogens is 1. The Balaban J connectivity index is 2.37. The fourth-order valence-corrected chi connectivity index (χ4v) is 1.94. The van der Waals surface area contributed by atoms with Crippen molar-refractivity contribution < 1.29 is 9.53 Å². The smallest absolute Gasteiger partial charge is 0.338 e. The van der Waals surface area contributed by atoms with Crippen LogP contribution in [0.15, 0.2) is 42.5 Å². The van der Waals surface area contributed by atoms with Crippen molar-refractivity contribution in [2.45, 2.75) is 0 Å². The molecule has 0 fully saturated rings. The maximum atomic E-state index is 11.7. The number of methoxy groups -OCH3 is 1. The highest BCUT2D eigenvalue weighted by Gasteiger charge is 2.11. The van der Waals surface area contributed by atoms with Gasteiger partial charge in [-0.2, -0.15) is 0 Å². The number of nitrogens with two attached hydrogens (primary N) is 1. The molecule has 0 bridgehead atoms. The van der Waals surface area contributed by atoms with Gasteiger partial charge in [-0.15, -0.1) is 0 Å². The fourth-order valence-electron chi connectivity index (χ4n) is 1.81. The topological polar surface area (TPSA) is 52.3 Å². The van der Waals surface area contributed by atoms with E-state index >= 15 is 0 Å². The molecule has 2 aromatic rings. The van der Waals surface area contributed by atoms with Gasteiger partial charge in [0.1, 0.15) is 0 Å². The lowest BCUT2D eigenvalue weighted by Gasteiger charge is -2.07. The van der Waals surface area contributed by atoms with Crippen LogP contribution in [0.1, 0.15) is 21.5 Å². The van der Waals surface area contributed by atoms with Crippen molar-refractivity contribution in [2.24, 2.45) is 0 Å². The van der Waals surface area contributed by atoms with Crippen LogP contribution in [-0.2, 0) is 4.74 Å². The van der Waals surface area contributed by atoms with E-state index in [0.717, 1.165) is 5.56 Å². The third-order valence-electron chi connectivity index (χ3n) is 2.86. The quantitative estimate of drug-likeness (QED) is 0.529. The van der Waals surface area contributed by atoms with Gasteiger partial charge in [0, 0.05) is 16.3 Å². The molecule has 2 N–H and O–H groups in total. The number of ether oxygens (including phenoxy) is 1. The van der Waals surface area contributed by atoms with Gasteiger partial charge in [-0.05, 0) is 29.8 Å². The molecular weight excluding hydrogens is 274 g/mol. The van der Waals surface area contributed by atoms with Crippen LogP contribution in [0.2, 0.25) is 5.02 Å². The SMILES string of the molecule is COC(=O)c1cccc(N)c1C=Cc1ccc(Cl)cc1. The Labute approximate surface area is 122 Å². The third kappa shape index (κ3) is 3.19. The summed E-state index contributed by atoms with van der Waals surface area (Å²) in [6, 6.07) is 12.5. The molecule has 0 unspecified atom stereocenters. The van der Waals surface area contributed by atoms with Crippen molar-refractivity contribution >= 4 is 35.4 Å². The highest BCUT2D eigenvalue weighted by molar-refractivity contribution is 6.30. The van der Waals surface area contributed by atoms with Crippen LogP contribution in [0.4, 0.5) is 5.69 Å². The zero-order valence-corrected chi connectivity index (χ0v) is 11.7. The van der Waals surface area contributed by atoms with Crippen LogP contribution in [0.25, 0.3) is 12.2 Å². The summed E-state index contributed by atoms with van der Waals surface area (Å²) < 4.78 is 4.75. The largest absolute Gasteiger partial charge is 0.465 e. The number of benzene rings is 2. The molecule has 0 spiro atoms. The Morgan fingerprint density at radius 3 is 2.50 bits per heavy atom. The average molecular weight is 288 g/mol. The van der Waals surface area contributed by atoms with Crippen LogP contribution in [-0.4, -0.2) is 13.1 Å². The van der Waals surface area contributed by atoms with Crippen molar-refractivity contribution in [1.82, 2.24) is 0 Å². The van der Waals surface area contributed by atoms with Crippen LogP contribution < -0.4 is 5.73 Å². The number of nitrogen functional groups attached to an aromatic ring is 1. The zero-order chi connectivity index (χ0) is 14.5. The van der Waals surface area contributed by atoms with Crippen LogP contribution in [0, 0.1) is 0 Å². The first-order chi connectivity index (χ1) is 9.61. The molecule has 0 aliphatic rings. The lowest BCUT2D eigenvalue weighted by Crippen LogP contribution is -2.05. The molecule has 2 aromatic carbocycles. The first-order valence-electron chi connectivity index (χ1n) is 6.02. The number of carbonyl (C=O) groups is 1. The van der Waals surface area contributed by atoms with Gasteiger partial charge >= 0.3 is 5.97 Å². The second-order valence-corrected chi connectivity index (χ2v) is 4.62. The summed E-state index contributed by atoms with van der Waals surface area (Å²) in [4.78, 5) is 11.7. The molecule has 0 aliphatic carbocycles. The standard InChI is InChI=1S/C16H14ClNO2/c1-20-16(19)14-3-2-4-15(18)13(14)10-7-11-5-8-12(17)9-6-11/h2-10H,18H2,1H3. The van der Waals surface area contributed by atoms with E-state index in [9.17, 15) is 4.79 Å². The molecule has 0 heterocycles. The third-order valence-corrected chi connectivity index (χ3v) is 3.11. The predicted octanol–water partition coefficient (Wildman–Crippen LogP) is 3.88. The normalized spacial score (nSPS) is 10.7. The van der Waals surface area contributed by atoms with E-state index < -0.39 is 5.97 Å². The van der Waals surface area contributed by atoms with Crippen LogP contribution in [0.5, 0.6) is 0 Å². The van der Waals surface area contributed by atoms with Crippen molar-refractivity contribution in [3.63, 3.8) is 0 Å². The van der Waals surface area contributed by atoms with Gasteiger partial charge in [0.25, 0.3) is 0 Å². The zero-order valence-electron chi connectivity index (χ0n) is 11.0. The molecule has 0 saturated carbocycles. The Hall–Kier alpha value is -2.26. The minimum atomic E-state index is -0.409. The molecular formula is C16H14ClNO2. The highest BCUT2D eigenvalue weighted by Crippen LogP contribution is 2.21. The number of hydrogen-bond acceptors (Lipinski definition) is 3. The van der Waals surface area contributed by atoms with Gasteiger partial charge < -0.3 is 10.5 Å². The van der Waals surface area contributed by atoms with Crippen LogP contribution >= 0.6 is 11.6 Å². The average Bonchev–Trinajstić information content (AvgIpc) is 2.46. The van der Waals surface area contributed by atoms with E-state index in [2.05, 4.69) is 0 Å². The monoisotopic (exact) mass is 287 g/mol. The van der Waals surface area contributed by atoms with Crippen molar-refractivity contribution in [1.29, 1.82) is 0 Å². The summed E-state index contributed by atoms with van der Waals surface area (Å²) in [6.07, 6.45) is 3.67. The Bertz CT molecular complexity index is 648. The Kier molecular flexibility index (Phi) is 4.43. The highest BCUT2D eigenvalue weighted by atomic mass is 35.5. The molecule has 0 atom stereocenters. The molecule has 0 aliphatic heterocycles. The second-order valence-electron chi connectivity index (χ2n) is 4.18. The van der Waals surface area contributed by atoms with Gasteiger partial charge in [-0.25, -0.2) is 4.79 Å². The van der Waals surface area contributed by atoms with E-state index in [1.807, 2.05) is 18.2 Å². The maximum absolute atomic E-state index is 11.7. The van der Waals surface area contributed by atoms with Crippen LogP contribution in [0.3, 0.4) is 0 Å². The minimum Gasteiger partial charge on any atom is -0.465 e. The maximum Gasteiger partial charge on any atom is 0.338 e. The molecule has 0 aromatic heterocycles. The second kappa shape index (κ2) is 6.26. The van der Waals surface area contributed by atoms with E-state index in [1.54, 1.807) is 36.4 Å². The Morgan fingerprint density at radius 1 is 1.15 bits per heavy atom. The number of hydrogen-bond donors (Lipinski definition) is 1. The summed E-state index contributed by atoms with van der Waals surface area (Å²) >= 11 is 5.83. The van der Waals surface area contributed by atoms with E-state index in [-0.39, 0.29) is 0 Å². The lowest BCUT2D eigenvalue weighted by atomic mass is 10.0. The summed E-state index contributed by atoms with van der Waals surface area (Å²) in [5.74, 6) is -0.409. The van der Waals surface area contributed by atoms with Crippen molar-refractivity contribution in [3.05, 3.63) is 64.2 Å². The molecule has 2 rings (SSSR count). The summed E-state index contributed by atoms with van der Waals surface area (Å²) in [7, 11) is 1.35. The first kappa shape index (κ1) is 14.2. The predicted molar refractivity (Wildman–Crippen MR) is 82.6 cm³/mol. The molecule has 0 saturated heterocycles. The van der Waals surface area contributed by atoms with Gasteiger partial charge in [0.05, 0.1) is 12.7 Å². The lowest BCUT2D eigenvalue weighted by molar-refractivity contribution is 0.0600. The molecule has 0 radical (unpaired) electrons. The Morgan fingerprint density at radius 2 is 1.85 bits per heavy atom. The molecule has 4 heteroatoms. The fraction of sp³-hybridized carbons (Fsp3) is 0.0625. The first-order valence-corrected chi connectivity index (χ1v) is 6.40. The number of carbonyl (C=O) groups excluding carboxylic acids is 1. The number of esters is 1. The summed E-state index contributed by atoms with van der Waals surface area (Å²) in [5, 5.41) is 0.677. The van der Waals surface area contributed by atoms with Gasteiger partial charge in [0.2, 0.25) is 0 Å². The van der Waals surface area contributed by atoms with Gasteiger partial charge in [0.15, 0.2) is 0 Å². The van der Waals surface area contributed by atoms with Crippen molar-refractivity contribution in [2.75, 3.05) is 12.8 Å². The van der Waals surface area contributed by atoms with E-state index in [4.69, 9.17) is 22.1 Å². The molecule has 0 amide bonds. The molecule has 102 valence electrons. The molecule has 3 nitrogen and oxygen atoms in total. The number of rotatable bonds is 3. The minimum absolute atomic E-state index is 0.409. The summed E-state index contributed by atoms with van der Waals surface area (Å²) in [5.41, 5.74) is 8.50. The van der Waals surface area contributed by atoms with Gasteiger partial charge in [-0.3, -0.25) is 0 Å². The van der Waals surface area contributed by atoms with E-state index in [1.165, 1.54) is 7.11 Å². The van der Waals surface area contributed by atoms with Crippen molar-refractivity contribution in [3.8, 4) is 0 Å².